The maximum Gasteiger partial charge on any atom is 0.211 e. The smallest absolute Gasteiger partial charge is 0.211 e. The third-order valence-electron chi connectivity index (χ3n) is 3.07. The molecule has 0 bridgehead atoms. The molecule has 6 heteroatoms. The van der Waals surface area contributed by atoms with Crippen LogP contribution in [0, 0.1) is 0 Å². The first kappa shape index (κ1) is 17.5. The molecule has 0 heterocycles. The number of sulfonamides is 1. The SMILES string of the molecule is CCN(CCCNCc1ccc(SC)cc1)S(C)(=O)=O. The largest absolute Gasteiger partial charge is 0.313 e. The van der Waals surface area contributed by atoms with E-state index in [4.69, 9.17) is 0 Å². The number of nitrogens with zero attached hydrogens (tertiary/aromatic N) is 1. The molecule has 1 rings (SSSR count). The summed E-state index contributed by atoms with van der Waals surface area (Å²) in [5, 5.41) is 3.34. The zero-order chi connectivity index (χ0) is 15.0. The van der Waals surface area contributed by atoms with Crippen molar-refractivity contribution < 1.29 is 8.42 Å². The lowest BCUT2D eigenvalue weighted by atomic mass is 10.2. The van der Waals surface area contributed by atoms with Crippen LogP contribution in [0.5, 0.6) is 0 Å². The van der Waals surface area contributed by atoms with Gasteiger partial charge in [-0.2, -0.15) is 0 Å². The van der Waals surface area contributed by atoms with Crippen molar-refractivity contribution >= 4 is 21.8 Å². The molecular weight excluding hydrogens is 292 g/mol. The molecular formula is C14H24N2O2S2. The van der Waals surface area contributed by atoms with E-state index in [2.05, 4.69) is 35.8 Å². The third kappa shape index (κ3) is 6.26. The Morgan fingerprint density at radius 3 is 2.40 bits per heavy atom. The molecule has 1 aromatic rings. The molecule has 4 nitrogen and oxygen atoms in total. The minimum Gasteiger partial charge on any atom is -0.313 e. The van der Waals surface area contributed by atoms with Crippen molar-refractivity contribution in [3.05, 3.63) is 29.8 Å². The van der Waals surface area contributed by atoms with Crippen LogP contribution in [0.2, 0.25) is 0 Å². The standard InChI is InChI=1S/C14H24N2O2S2/c1-4-16(20(3,17)18)11-5-10-15-12-13-6-8-14(19-2)9-7-13/h6-9,15H,4-5,10-12H2,1-3H3. The molecule has 0 radical (unpaired) electrons. The summed E-state index contributed by atoms with van der Waals surface area (Å²) in [6.45, 7) is 4.61. The van der Waals surface area contributed by atoms with Crippen LogP contribution in [0.1, 0.15) is 18.9 Å². The Bertz CT molecular complexity index is 486. The Morgan fingerprint density at radius 1 is 1.25 bits per heavy atom. The predicted molar refractivity (Wildman–Crippen MR) is 86.6 cm³/mol. The number of hydrogen-bond acceptors (Lipinski definition) is 4. The van der Waals surface area contributed by atoms with Crippen molar-refractivity contribution in [1.82, 2.24) is 9.62 Å². The van der Waals surface area contributed by atoms with E-state index in [-0.39, 0.29) is 0 Å². The van der Waals surface area contributed by atoms with Gasteiger partial charge in [0.2, 0.25) is 10.0 Å². The lowest BCUT2D eigenvalue weighted by Crippen LogP contribution is -2.32. The van der Waals surface area contributed by atoms with Gasteiger partial charge in [0.25, 0.3) is 0 Å². The van der Waals surface area contributed by atoms with Crippen molar-refractivity contribution in [2.45, 2.75) is 24.8 Å². The Morgan fingerprint density at radius 2 is 1.90 bits per heavy atom. The molecule has 0 atom stereocenters. The van der Waals surface area contributed by atoms with Crippen LogP contribution in [-0.2, 0) is 16.6 Å². The van der Waals surface area contributed by atoms with Gasteiger partial charge in [0.05, 0.1) is 6.26 Å². The average Bonchev–Trinajstić information content (AvgIpc) is 2.42. The van der Waals surface area contributed by atoms with Gasteiger partial charge < -0.3 is 5.32 Å². The van der Waals surface area contributed by atoms with Crippen LogP contribution in [0.4, 0.5) is 0 Å². The molecule has 0 aromatic heterocycles. The maximum atomic E-state index is 11.4. The van der Waals surface area contributed by atoms with Gasteiger partial charge in [0, 0.05) is 24.5 Å². The number of hydrogen-bond donors (Lipinski definition) is 1. The fraction of sp³-hybridized carbons (Fsp3) is 0.571. The normalized spacial score (nSPS) is 12.0. The number of benzene rings is 1. The van der Waals surface area contributed by atoms with Gasteiger partial charge in [0.1, 0.15) is 0 Å². The monoisotopic (exact) mass is 316 g/mol. The fourth-order valence-electron chi connectivity index (χ4n) is 1.91. The summed E-state index contributed by atoms with van der Waals surface area (Å²) in [5.74, 6) is 0. The van der Waals surface area contributed by atoms with Gasteiger partial charge in [0.15, 0.2) is 0 Å². The van der Waals surface area contributed by atoms with Crippen molar-refractivity contribution in [1.29, 1.82) is 0 Å². The van der Waals surface area contributed by atoms with Crippen molar-refractivity contribution in [3.8, 4) is 0 Å². The molecule has 0 saturated carbocycles. The molecule has 0 spiro atoms. The summed E-state index contributed by atoms with van der Waals surface area (Å²) in [7, 11) is -3.06. The molecule has 0 fully saturated rings. The molecule has 20 heavy (non-hydrogen) atoms. The summed E-state index contributed by atoms with van der Waals surface area (Å²) in [6.07, 6.45) is 4.15. The molecule has 0 unspecified atom stereocenters. The molecule has 1 aromatic carbocycles. The van der Waals surface area contributed by atoms with Crippen LogP contribution < -0.4 is 5.32 Å². The first-order valence-electron chi connectivity index (χ1n) is 6.76. The fourth-order valence-corrected chi connectivity index (χ4v) is 3.25. The van der Waals surface area contributed by atoms with Gasteiger partial charge in [-0.3, -0.25) is 0 Å². The molecule has 0 aliphatic heterocycles. The van der Waals surface area contributed by atoms with E-state index in [9.17, 15) is 8.42 Å². The zero-order valence-corrected chi connectivity index (χ0v) is 14.1. The second-order valence-electron chi connectivity index (χ2n) is 4.63. The van der Waals surface area contributed by atoms with Gasteiger partial charge in [-0.1, -0.05) is 19.1 Å². The van der Waals surface area contributed by atoms with Crippen LogP contribution >= 0.6 is 11.8 Å². The second kappa shape index (κ2) is 8.67. The summed E-state index contributed by atoms with van der Waals surface area (Å²) in [4.78, 5) is 1.26. The van der Waals surface area contributed by atoms with Crippen LogP contribution in [0.15, 0.2) is 29.2 Å². The molecule has 114 valence electrons. The topological polar surface area (TPSA) is 49.4 Å². The first-order chi connectivity index (χ1) is 9.47. The third-order valence-corrected chi connectivity index (χ3v) is 5.19. The predicted octanol–water partition coefficient (Wildman–Crippen LogP) is 2.17. The Balaban J connectivity index is 2.24. The molecule has 0 aliphatic rings. The summed E-state index contributed by atoms with van der Waals surface area (Å²) in [5.41, 5.74) is 1.25. The van der Waals surface area contributed by atoms with Gasteiger partial charge in [-0.15, -0.1) is 11.8 Å². The first-order valence-corrected chi connectivity index (χ1v) is 9.83. The number of thioether (sulfide) groups is 1. The van der Waals surface area contributed by atoms with Gasteiger partial charge >= 0.3 is 0 Å². The van der Waals surface area contributed by atoms with Gasteiger partial charge in [-0.25, -0.2) is 12.7 Å². The summed E-state index contributed by atoms with van der Waals surface area (Å²) >= 11 is 1.73. The Labute approximate surface area is 127 Å². The van der Waals surface area contributed by atoms with E-state index in [1.165, 1.54) is 21.0 Å². The van der Waals surface area contributed by atoms with Crippen LogP contribution in [0.3, 0.4) is 0 Å². The second-order valence-corrected chi connectivity index (χ2v) is 7.50. The molecule has 0 aliphatic carbocycles. The van der Waals surface area contributed by atoms with Crippen molar-refractivity contribution in [2.24, 2.45) is 0 Å². The zero-order valence-electron chi connectivity index (χ0n) is 12.4. The van der Waals surface area contributed by atoms with Crippen LogP contribution in [-0.4, -0.2) is 44.9 Å². The quantitative estimate of drug-likeness (QED) is 0.560. The molecule has 1 N–H and O–H groups in total. The highest BCUT2D eigenvalue weighted by Crippen LogP contribution is 2.14. The molecule has 0 saturated heterocycles. The highest BCUT2D eigenvalue weighted by molar-refractivity contribution is 7.98. The lowest BCUT2D eigenvalue weighted by Gasteiger charge is -2.17. The average molecular weight is 316 g/mol. The summed E-state index contributed by atoms with van der Waals surface area (Å²) in [6, 6.07) is 8.47. The highest BCUT2D eigenvalue weighted by Gasteiger charge is 2.12. The minimum absolute atomic E-state index is 0.537. The maximum absolute atomic E-state index is 11.4. The van der Waals surface area contributed by atoms with E-state index in [0.29, 0.717) is 13.1 Å². The van der Waals surface area contributed by atoms with E-state index >= 15 is 0 Å². The Hall–Kier alpha value is -0.560. The highest BCUT2D eigenvalue weighted by atomic mass is 32.2. The van der Waals surface area contributed by atoms with Gasteiger partial charge in [-0.05, 0) is 36.9 Å². The van der Waals surface area contributed by atoms with Crippen LogP contribution in [0.25, 0.3) is 0 Å². The minimum atomic E-state index is -3.06. The van der Waals surface area contributed by atoms with E-state index in [1.54, 1.807) is 11.8 Å². The van der Waals surface area contributed by atoms with E-state index in [0.717, 1.165) is 19.5 Å². The number of rotatable bonds is 9. The van der Waals surface area contributed by atoms with E-state index < -0.39 is 10.0 Å². The lowest BCUT2D eigenvalue weighted by molar-refractivity contribution is 0.419. The van der Waals surface area contributed by atoms with Crippen molar-refractivity contribution in [3.63, 3.8) is 0 Å². The Kier molecular flexibility index (Phi) is 7.58. The summed E-state index contributed by atoms with van der Waals surface area (Å²) < 4.78 is 24.3. The van der Waals surface area contributed by atoms with Crippen molar-refractivity contribution in [2.75, 3.05) is 32.1 Å². The molecule has 0 amide bonds. The van der Waals surface area contributed by atoms with E-state index in [1.807, 2.05) is 6.92 Å². The number of nitrogens with one attached hydrogen (secondary N) is 1.